The van der Waals surface area contributed by atoms with E-state index in [1.807, 2.05) is 13.8 Å². The molecule has 7 heteroatoms. The molecule has 2 rings (SSSR count). The van der Waals surface area contributed by atoms with Crippen LogP contribution >= 0.6 is 0 Å². The van der Waals surface area contributed by atoms with Crippen LogP contribution in [0.3, 0.4) is 0 Å². The van der Waals surface area contributed by atoms with E-state index >= 15 is 0 Å². The van der Waals surface area contributed by atoms with Crippen molar-refractivity contribution in [3.8, 4) is 0 Å². The van der Waals surface area contributed by atoms with Gasteiger partial charge in [0.15, 0.2) is 26.2 Å². The average Bonchev–Trinajstić information content (AvgIpc) is 3.33. The van der Waals surface area contributed by atoms with Crippen molar-refractivity contribution in [2.24, 2.45) is 0 Å². The van der Waals surface area contributed by atoms with E-state index < -0.39 is 0 Å². The molecule has 0 radical (unpaired) electrons. The summed E-state index contributed by atoms with van der Waals surface area (Å²) in [5.41, 5.74) is 0. The van der Waals surface area contributed by atoms with E-state index in [0.29, 0.717) is 25.4 Å². The van der Waals surface area contributed by atoms with Gasteiger partial charge in [-0.3, -0.25) is 0 Å². The van der Waals surface area contributed by atoms with Crippen molar-refractivity contribution >= 4 is 0 Å². The van der Waals surface area contributed by atoms with E-state index in [9.17, 15) is 0 Å². The molecule has 0 aromatic rings. The van der Waals surface area contributed by atoms with Crippen LogP contribution in [0.4, 0.5) is 0 Å². The topological polar surface area (TPSA) is 71.2 Å². The molecule has 0 N–H and O–H groups in total. The van der Waals surface area contributed by atoms with E-state index in [2.05, 4.69) is 0 Å². The van der Waals surface area contributed by atoms with Crippen molar-refractivity contribution in [1.29, 1.82) is 0 Å². The zero-order valence-electron chi connectivity index (χ0n) is 12.8. The van der Waals surface area contributed by atoms with E-state index in [-0.39, 0.29) is 26.2 Å². The minimum atomic E-state index is -0.295. The van der Waals surface area contributed by atoms with Gasteiger partial charge < -0.3 is 33.2 Å². The second-order valence-electron chi connectivity index (χ2n) is 5.14. The first kappa shape index (κ1) is 17.1. The Hall–Kier alpha value is -0.280. The van der Waals surface area contributed by atoms with E-state index in [1.54, 1.807) is 0 Å². The van der Waals surface area contributed by atoms with Crippen LogP contribution in [0.25, 0.3) is 0 Å². The molecule has 7 nitrogen and oxygen atoms in total. The number of hydrogen-bond donors (Lipinski definition) is 0. The van der Waals surface area contributed by atoms with Crippen molar-refractivity contribution in [2.75, 3.05) is 40.0 Å². The lowest BCUT2D eigenvalue weighted by Gasteiger charge is -2.16. The highest BCUT2D eigenvalue weighted by Crippen LogP contribution is 2.14. The van der Waals surface area contributed by atoms with Gasteiger partial charge in [0.25, 0.3) is 0 Å². The van der Waals surface area contributed by atoms with Crippen molar-refractivity contribution in [2.45, 2.75) is 51.5 Å². The first-order valence-electron chi connectivity index (χ1n) is 7.51. The third-order valence-electron chi connectivity index (χ3n) is 3.16. The molecule has 0 spiro atoms. The average molecular weight is 306 g/mol. The predicted octanol–water partition coefficient (Wildman–Crippen LogP) is 1.25. The van der Waals surface area contributed by atoms with Crippen LogP contribution in [0.2, 0.25) is 0 Å². The summed E-state index contributed by atoms with van der Waals surface area (Å²) in [4.78, 5) is 0. The Morgan fingerprint density at radius 1 is 0.810 bits per heavy atom. The van der Waals surface area contributed by atoms with Crippen molar-refractivity contribution in [3.63, 3.8) is 0 Å². The first-order chi connectivity index (χ1) is 10.2. The molecule has 0 aromatic heterocycles. The van der Waals surface area contributed by atoms with Gasteiger partial charge in [-0.1, -0.05) is 0 Å². The first-order valence-corrected chi connectivity index (χ1v) is 7.51. The summed E-state index contributed by atoms with van der Waals surface area (Å²) >= 11 is 0. The Kier molecular flexibility index (Phi) is 7.87. The Labute approximate surface area is 125 Å². The molecule has 0 saturated carbocycles. The van der Waals surface area contributed by atoms with Crippen LogP contribution in [0.5, 0.6) is 0 Å². The minimum Gasteiger partial charge on any atom is -0.373 e. The van der Waals surface area contributed by atoms with Gasteiger partial charge in [-0.15, -0.1) is 0 Å². The predicted molar refractivity (Wildman–Crippen MR) is 72.5 cm³/mol. The van der Waals surface area contributed by atoms with E-state index in [0.717, 1.165) is 26.1 Å². The summed E-state index contributed by atoms with van der Waals surface area (Å²) in [5, 5.41) is 0. The van der Waals surface area contributed by atoms with Gasteiger partial charge in [-0.25, -0.2) is 0 Å². The molecule has 0 bridgehead atoms. The summed E-state index contributed by atoms with van der Waals surface area (Å²) in [6, 6.07) is 0. The Balaban J connectivity index is 1.31. The largest absolute Gasteiger partial charge is 0.373 e. The second kappa shape index (κ2) is 9.68. The summed E-state index contributed by atoms with van der Waals surface area (Å²) < 4.78 is 36.9. The highest BCUT2D eigenvalue weighted by molar-refractivity contribution is 4.68. The molecular formula is C14H26O7. The summed E-state index contributed by atoms with van der Waals surface area (Å²) in [7, 11) is 0. The molecule has 2 aliphatic rings. The zero-order chi connectivity index (χ0) is 14.9. The molecule has 21 heavy (non-hydrogen) atoms. The SMILES string of the molecule is CC(OCCC1CO1)OCOCOC(C)OCCC1CO1. The normalized spacial score (nSPS) is 26.6. The van der Waals surface area contributed by atoms with Crippen LogP contribution in [-0.4, -0.2) is 64.8 Å². The fraction of sp³-hybridized carbons (Fsp3) is 1.00. The molecule has 4 atom stereocenters. The summed E-state index contributed by atoms with van der Waals surface area (Å²) in [5.74, 6) is 0. The number of hydrogen-bond acceptors (Lipinski definition) is 7. The van der Waals surface area contributed by atoms with Crippen LogP contribution in [0.15, 0.2) is 0 Å². The van der Waals surface area contributed by atoms with Crippen LogP contribution in [0.1, 0.15) is 26.7 Å². The molecule has 4 unspecified atom stereocenters. The lowest BCUT2D eigenvalue weighted by atomic mass is 10.3. The van der Waals surface area contributed by atoms with Gasteiger partial charge in [-0.2, -0.15) is 0 Å². The van der Waals surface area contributed by atoms with Crippen LogP contribution in [0, 0.1) is 0 Å². The maximum absolute atomic E-state index is 5.44. The van der Waals surface area contributed by atoms with Gasteiger partial charge in [0, 0.05) is 0 Å². The molecule has 2 aliphatic heterocycles. The third kappa shape index (κ3) is 9.36. The van der Waals surface area contributed by atoms with Gasteiger partial charge in [-0.05, 0) is 26.7 Å². The summed E-state index contributed by atoms with van der Waals surface area (Å²) in [6.45, 7) is 6.91. The van der Waals surface area contributed by atoms with Crippen molar-refractivity contribution in [1.82, 2.24) is 0 Å². The fourth-order valence-electron chi connectivity index (χ4n) is 1.62. The maximum atomic E-state index is 5.44. The van der Waals surface area contributed by atoms with Gasteiger partial charge in [0.1, 0.15) is 0 Å². The minimum absolute atomic E-state index is 0.129. The Morgan fingerprint density at radius 3 is 1.62 bits per heavy atom. The number of rotatable bonds is 14. The van der Waals surface area contributed by atoms with E-state index in [4.69, 9.17) is 33.2 Å². The van der Waals surface area contributed by atoms with Crippen molar-refractivity contribution in [3.05, 3.63) is 0 Å². The standard InChI is InChI=1S/C14H26O7/c1-11(16-5-3-13-7-18-13)20-9-15-10-21-12(2)17-6-4-14-8-19-14/h11-14H,3-10H2,1-2H3. The van der Waals surface area contributed by atoms with Crippen molar-refractivity contribution < 1.29 is 33.2 Å². The number of epoxide rings is 2. The van der Waals surface area contributed by atoms with Gasteiger partial charge in [0.2, 0.25) is 0 Å². The lowest BCUT2D eigenvalue weighted by Crippen LogP contribution is -2.20. The molecule has 0 amide bonds. The van der Waals surface area contributed by atoms with E-state index in [1.165, 1.54) is 0 Å². The molecule has 2 saturated heterocycles. The van der Waals surface area contributed by atoms with Crippen LogP contribution in [-0.2, 0) is 33.2 Å². The summed E-state index contributed by atoms with van der Waals surface area (Å²) in [6.07, 6.45) is 2.01. The fourth-order valence-corrected chi connectivity index (χ4v) is 1.62. The molecule has 0 aliphatic carbocycles. The molecule has 124 valence electrons. The van der Waals surface area contributed by atoms with Gasteiger partial charge in [0.05, 0.1) is 38.6 Å². The third-order valence-corrected chi connectivity index (χ3v) is 3.16. The lowest BCUT2D eigenvalue weighted by molar-refractivity contribution is -0.239. The quantitative estimate of drug-likeness (QED) is 0.272. The smallest absolute Gasteiger partial charge is 0.157 e. The highest BCUT2D eigenvalue weighted by Gasteiger charge is 2.22. The molecule has 2 fully saturated rings. The molecule has 2 heterocycles. The maximum Gasteiger partial charge on any atom is 0.157 e. The van der Waals surface area contributed by atoms with Crippen LogP contribution < -0.4 is 0 Å². The van der Waals surface area contributed by atoms with Gasteiger partial charge >= 0.3 is 0 Å². The monoisotopic (exact) mass is 306 g/mol. The zero-order valence-corrected chi connectivity index (χ0v) is 12.8. The number of ether oxygens (including phenoxy) is 7. The Bertz CT molecular complexity index is 242. The highest BCUT2D eigenvalue weighted by atomic mass is 16.8. The second-order valence-corrected chi connectivity index (χ2v) is 5.14. The Morgan fingerprint density at radius 2 is 1.24 bits per heavy atom. The molecule has 0 aromatic carbocycles. The molecular weight excluding hydrogens is 280 g/mol.